The molecule has 2 aromatic rings. The van der Waals surface area contributed by atoms with Crippen LogP contribution in [0.5, 0.6) is 0 Å². The molecule has 9 heteroatoms. The maximum Gasteiger partial charge on any atom is 0.305 e. The summed E-state index contributed by atoms with van der Waals surface area (Å²) < 4.78 is 5.33. The van der Waals surface area contributed by atoms with Gasteiger partial charge in [0.05, 0.1) is 18.1 Å². The third-order valence-electron chi connectivity index (χ3n) is 7.47. The Kier molecular flexibility index (Phi) is 9.70. The number of hydrogen-bond acceptors (Lipinski definition) is 6. The predicted molar refractivity (Wildman–Crippen MR) is 148 cm³/mol. The van der Waals surface area contributed by atoms with E-state index in [2.05, 4.69) is 16.0 Å². The molecular formula is C30H37N3O6. The van der Waals surface area contributed by atoms with Crippen LogP contribution in [0.1, 0.15) is 57.8 Å². The largest absolute Gasteiger partial charge is 0.463 e. The molecule has 1 heterocycles. The zero-order valence-corrected chi connectivity index (χ0v) is 22.1. The lowest BCUT2D eigenvalue weighted by molar-refractivity contribution is -0.146. The maximum atomic E-state index is 13.4. The molecule has 2 atom stereocenters. The average molecular weight is 536 g/mol. The van der Waals surface area contributed by atoms with E-state index >= 15 is 0 Å². The number of aliphatic hydroxyl groups is 1. The number of carbonyl (C=O) groups is 4. The van der Waals surface area contributed by atoms with Gasteiger partial charge in [-0.05, 0) is 55.0 Å². The van der Waals surface area contributed by atoms with Gasteiger partial charge >= 0.3 is 5.97 Å². The number of cyclic esters (lactones) is 1. The first kappa shape index (κ1) is 28.3. The van der Waals surface area contributed by atoms with Gasteiger partial charge in [-0.25, -0.2) is 0 Å². The van der Waals surface area contributed by atoms with Crippen LogP contribution >= 0.6 is 0 Å². The topological polar surface area (TPSA) is 134 Å². The molecule has 0 spiro atoms. The van der Waals surface area contributed by atoms with Gasteiger partial charge in [-0.1, -0.05) is 55.3 Å². The lowest BCUT2D eigenvalue weighted by Gasteiger charge is -2.29. The van der Waals surface area contributed by atoms with Gasteiger partial charge in [-0.15, -0.1) is 0 Å². The zero-order valence-electron chi connectivity index (χ0n) is 22.1. The van der Waals surface area contributed by atoms with Crippen molar-refractivity contribution in [3.05, 3.63) is 54.6 Å². The summed E-state index contributed by atoms with van der Waals surface area (Å²) in [6, 6.07) is 12.1. The van der Waals surface area contributed by atoms with E-state index in [-0.39, 0.29) is 32.0 Å². The molecule has 1 fully saturated rings. The van der Waals surface area contributed by atoms with Crippen molar-refractivity contribution >= 4 is 40.2 Å². The first-order valence-electron chi connectivity index (χ1n) is 13.7. The monoisotopic (exact) mass is 535 g/mol. The van der Waals surface area contributed by atoms with Gasteiger partial charge in [0.25, 0.3) is 5.91 Å². The summed E-state index contributed by atoms with van der Waals surface area (Å²) in [5.41, 5.74) is -0.0877. The molecular weight excluding hydrogens is 498 g/mol. The van der Waals surface area contributed by atoms with Crippen LogP contribution in [0.2, 0.25) is 0 Å². The second-order valence-electron chi connectivity index (χ2n) is 10.5. The van der Waals surface area contributed by atoms with E-state index < -0.39 is 35.3 Å². The summed E-state index contributed by atoms with van der Waals surface area (Å²) in [6.45, 7) is -0.457. The Morgan fingerprint density at radius 1 is 1.03 bits per heavy atom. The molecule has 208 valence electrons. The number of hydrogen-bond donors (Lipinski definition) is 4. The van der Waals surface area contributed by atoms with Crippen molar-refractivity contribution in [3.63, 3.8) is 0 Å². The van der Waals surface area contributed by atoms with Crippen molar-refractivity contribution in [1.29, 1.82) is 0 Å². The molecule has 1 saturated carbocycles. The van der Waals surface area contributed by atoms with E-state index in [1.807, 2.05) is 48.6 Å². The molecule has 0 radical (unpaired) electrons. The second-order valence-corrected chi connectivity index (χ2v) is 10.5. The SMILES string of the molecule is O=C(CC1CC=CCCCC(=O)OCC(C(=O)Nc2ccc3ccccc3c2)NC1=O)NC1(CO)CCCC1. The van der Waals surface area contributed by atoms with Crippen molar-refractivity contribution in [2.24, 2.45) is 5.92 Å². The summed E-state index contributed by atoms with van der Waals surface area (Å²) in [5.74, 6) is -2.49. The van der Waals surface area contributed by atoms with Crippen molar-refractivity contribution in [3.8, 4) is 0 Å². The third kappa shape index (κ3) is 7.89. The van der Waals surface area contributed by atoms with Crippen LogP contribution in [0.15, 0.2) is 54.6 Å². The Morgan fingerprint density at radius 3 is 2.56 bits per heavy atom. The highest BCUT2D eigenvalue weighted by Gasteiger charge is 2.36. The summed E-state index contributed by atoms with van der Waals surface area (Å²) >= 11 is 0. The van der Waals surface area contributed by atoms with Crippen molar-refractivity contribution in [2.75, 3.05) is 18.5 Å². The fourth-order valence-corrected chi connectivity index (χ4v) is 5.19. The van der Waals surface area contributed by atoms with Gasteiger partial charge in [-0.2, -0.15) is 0 Å². The molecule has 0 saturated heterocycles. The van der Waals surface area contributed by atoms with E-state index in [1.165, 1.54) is 0 Å². The normalized spacial score (nSPS) is 22.1. The quantitative estimate of drug-likeness (QED) is 0.331. The lowest BCUT2D eigenvalue weighted by atomic mass is 9.95. The number of aliphatic hydroxyl groups excluding tert-OH is 1. The van der Waals surface area contributed by atoms with Crippen LogP contribution in [0.3, 0.4) is 0 Å². The molecule has 4 N–H and O–H groups in total. The zero-order chi connectivity index (χ0) is 27.7. The van der Waals surface area contributed by atoms with E-state index in [4.69, 9.17) is 4.74 Å². The Bertz CT molecular complexity index is 1220. The molecule has 2 unspecified atom stereocenters. The number of allylic oxidation sites excluding steroid dienone is 2. The standard InChI is InChI=1S/C30H37N3O6/c34-20-30(15-7-8-16-30)33-26(35)18-23-11-3-1-2-4-12-27(36)39-19-25(32-28(23)37)29(38)31-24-14-13-21-9-5-6-10-22(21)17-24/h1,3,5-6,9-10,13-14,17,23,25,34H,2,4,7-8,11-12,15-16,18-20H2,(H,31,38)(H,32,37)(H,33,35). The number of esters is 1. The molecule has 1 aliphatic heterocycles. The smallest absolute Gasteiger partial charge is 0.305 e. The van der Waals surface area contributed by atoms with Gasteiger partial charge in [0.15, 0.2) is 0 Å². The average Bonchev–Trinajstić information content (AvgIpc) is 3.40. The fourth-order valence-electron chi connectivity index (χ4n) is 5.19. The third-order valence-corrected chi connectivity index (χ3v) is 7.47. The van der Waals surface area contributed by atoms with Crippen molar-refractivity contribution < 1.29 is 29.0 Å². The van der Waals surface area contributed by atoms with Crippen LogP contribution in [-0.2, 0) is 23.9 Å². The van der Waals surface area contributed by atoms with E-state index in [1.54, 1.807) is 6.07 Å². The van der Waals surface area contributed by atoms with Gasteiger partial charge in [0, 0.05) is 18.5 Å². The highest BCUT2D eigenvalue weighted by Crippen LogP contribution is 2.29. The number of anilines is 1. The van der Waals surface area contributed by atoms with Crippen LogP contribution in [0.4, 0.5) is 5.69 Å². The van der Waals surface area contributed by atoms with Gasteiger partial charge in [0.2, 0.25) is 11.8 Å². The number of nitrogens with one attached hydrogen (secondary N) is 3. The summed E-state index contributed by atoms with van der Waals surface area (Å²) in [7, 11) is 0. The minimum absolute atomic E-state index is 0.0866. The number of amides is 3. The van der Waals surface area contributed by atoms with Crippen LogP contribution in [0, 0.1) is 5.92 Å². The number of benzene rings is 2. The van der Waals surface area contributed by atoms with Crippen molar-refractivity contribution in [2.45, 2.75) is 69.4 Å². The van der Waals surface area contributed by atoms with Gasteiger partial charge in [-0.3, -0.25) is 19.2 Å². The Morgan fingerprint density at radius 2 is 1.79 bits per heavy atom. The van der Waals surface area contributed by atoms with Crippen LogP contribution in [-0.4, -0.2) is 53.6 Å². The molecule has 9 nitrogen and oxygen atoms in total. The number of carbonyl (C=O) groups excluding carboxylic acids is 4. The number of fused-ring (bicyclic) bond motifs is 1. The Hall–Kier alpha value is -3.72. The lowest BCUT2D eigenvalue weighted by Crippen LogP contribution is -2.51. The first-order chi connectivity index (χ1) is 18.9. The predicted octanol–water partition coefficient (Wildman–Crippen LogP) is 3.36. The minimum atomic E-state index is -1.14. The van der Waals surface area contributed by atoms with E-state index in [9.17, 15) is 24.3 Å². The second kappa shape index (κ2) is 13.4. The minimum Gasteiger partial charge on any atom is -0.463 e. The molecule has 2 aromatic carbocycles. The molecule has 3 amide bonds. The number of rotatable bonds is 6. The fraction of sp³-hybridized carbons (Fsp3) is 0.467. The van der Waals surface area contributed by atoms with Crippen molar-refractivity contribution in [1.82, 2.24) is 10.6 Å². The maximum absolute atomic E-state index is 13.4. The van der Waals surface area contributed by atoms with Crippen LogP contribution < -0.4 is 16.0 Å². The summed E-state index contributed by atoms with van der Waals surface area (Å²) in [4.78, 5) is 51.8. The molecule has 1 aliphatic carbocycles. The molecule has 4 rings (SSSR count). The molecule has 2 aliphatic rings. The van der Waals surface area contributed by atoms with Gasteiger partial charge < -0.3 is 25.8 Å². The van der Waals surface area contributed by atoms with Gasteiger partial charge in [0.1, 0.15) is 12.6 Å². The summed E-state index contributed by atoms with van der Waals surface area (Å²) in [5, 5.41) is 20.3. The number of ether oxygens (including phenoxy) is 1. The Balaban J connectivity index is 1.48. The summed E-state index contributed by atoms with van der Waals surface area (Å²) in [6.07, 6.45) is 8.62. The highest BCUT2D eigenvalue weighted by atomic mass is 16.5. The van der Waals surface area contributed by atoms with E-state index in [0.29, 0.717) is 37.8 Å². The molecule has 0 bridgehead atoms. The molecule has 0 aromatic heterocycles. The highest BCUT2D eigenvalue weighted by molar-refractivity contribution is 5.99. The van der Waals surface area contributed by atoms with E-state index in [0.717, 1.165) is 23.6 Å². The van der Waals surface area contributed by atoms with Crippen LogP contribution in [0.25, 0.3) is 10.8 Å². The first-order valence-corrected chi connectivity index (χ1v) is 13.7. The Labute approximate surface area is 228 Å². The molecule has 39 heavy (non-hydrogen) atoms.